The van der Waals surface area contributed by atoms with Crippen LogP contribution in [0.15, 0.2) is 58.4 Å². The van der Waals surface area contributed by atoms with E-state index in [4.69, 9.17) is 0 Å². The molecule has 2 aromatic carbocycles. The minimum absolute atomic E-state index is 0. The van der Waals surface area contributed by atoms with Gasteiger partial charge in [-0.3, -0.25) is 4.99 Å². The molecule has 0 radical (unpaired) electrons. The summed E-state index contributed by atoms with van der Waals surface area (Å²) >= 11 is 0. The van der Waals surface area contributed by atoms with Gasteiger partial charge in [0.1, 0.15) is 5.82 Å². The third kappa shape index (κ3) is 7.72. The molecule has 0 saturated heterocycles. The highest BCUT2D eigenvalue weighted by molar-refractivity contribution is 14.0. The van der Waals surface area contributed by atoms with Crippen molar-refractivity contribution in [2.75, 3.05) is 26.7 Å². The number of hydrogen-bond acceptors (Lipinski definition) is 3. The second kappa shape index (κ2) is 12.0. The molecule has 0 heterocycles. The molecular formula is C19H26FIN4O2S. The minimum atomic E-state index is -3.53. The molecule has 0 fully saturated rings. The Balaban J connectivity index is 0.00000392. The molecule has 28 heavy (non-hydrogen) atoms. The monoisotopic (exact) mass is 520 g/mol. The second-order valence-electron chi connectivity index (χ2n) is 5.98. The molecule has 0 aliphatic heterocycles. The molecular weight excluding hydrogens is 494 g/mol. The number of guanidine groups is 1. The maximum atomic E-state index is 13.6. The largest absolute Gasteiger partial charge is 0.356 e. The number of halogens is 2. The molecule has 2 rings (SSSR count). The summed E-state index contributed by atoms with van der Waals surface area (Å²) < 4.78 is 40.5. The van der Waals surface area contributed by atoms with Crippen molar-refractivity contribution in [2.45, 2.75) is 18.2 Å². The first-order chi connectivity index (χ1) is 12.9. The molecule has 0 aliphatic rings. The van der Waals surface area contributed by atoms with Gasteiger partial charge < -0.3 is 10.6 Å². The van der Waals surface area contributed by atoms with Crippen LogP contribution in [0.25, 0.3) is 0 Å². The van der Waals surface area contributed by atoms with Crippen LogP contribution in [0.2, 0.25) is 0 Å². The Bertz CT molecular complexity index is 874. The van der Waals surface area contributed by atoms with Crippen molar-refractivity contribution in [3.63, 3.8) is 0 Å². The summed E-state index contributed by atoms with van der Waals surface area (Å²) in [5, 5.41) is 6.10. The zero-order chi connectivity index (χ0) is 19.7. The summed E-state index contributed by atoms with van der Waals surface area (Å²) in [4.78, 5) is 4.30. The van der Waals surface area contributed by atoms with Crippen LogP contribution in [-0.4, -0.2) is 41.1 Å². The Labute approximate surface area is 183 Å². The van der Waals surface area contributed by atoms with Crippen molar-refractivity contribution in [1.82, 2.24) is 15.4 Å². The van der Waals surface area contributed by atoms with Crippen LogP contribution in [0.4, 0.5) is 4.39 Å². The molecule has 3 N–H and O–H groups in total. The van der Waals surface area contributed by atoms with Crippen molar-refractivity contribution in [3.05, 3.63) is 65.5 Å². The number of nitrogens with one attached hydrogen (secondary N) is 3. The molecule has 0 amide bonds. The van der Waals surface area contributed by atoms with Crippen LogP contribution in [0, 0.1) is 12.7 Å². The van der Waals surface area contributed by atoms with E-state index in [1.54, 1.807) is 49.5 Å². The summed E-state index contributed by atoms with van der Waals surface area (Å²) in [7, 11) is -1.91. The van der Waals surface area contributed by atoms with E-state index in [0.717, 1.165) is 5.56 Å². The van der Waals surface area contributed by atoms with Gasteiger partial charge in [-0.15, -0.1) is 24.0 Å². The Morgan fingerprint density at radius 3 is 2.29 bits per heavy atom. The first-order valence-electron chi connectivity index (χ1n) is 8.66. The molecule has 0 spiro atoms. The summed E-state index contributed by atoms with van der Waals surface area (Å²) in [6, 6.07) is 13.3. The molecule has 0 bridgehead atoms. The second-order valence-corrected chi connectivity index (χ2v) is 7.74. The van der Waals surface area contributed by atoms with Crippen LogP contribution in [0.5, 0.6) is 0 Å². The summed E-state index contributed by atoms with van der Waals surface area (Å²) in [6.07, 6.45) is 0.521. The standard InChI is InChI=1S/C19H25FN4O2S.HI/c1-15-7-9-17(10-8-15)27(25,26)24-14-13-23-19(21-2)22-12-11-16-5-3-4-6-18(16)20;/h3-10,24H,11-14H2,1-2H3,(H2,21,22,23);1H. The van der Waals surface area contributed by atoms with E-state index in [-0.39, 0.29) is 41.2 Å². The molecule has 0 unspecified atom stereocenters. The Morgan fingerprint density at radius 1 is 1.00 bits per heavy atom. The Morgan fingerprint density at radius 2 is 1.64 bits per heavy atom. The molecule has 6 nitrogen and oxygen atoms in total. The van der Waals surface area contributed by atoms with Gasteiger partial charge in [0.2, 0.25) is 10.0 Å². The van der Waals surface area contributed by atoms with Gasteiger partial charge in [-0.2, -0.15) is 0 Å². The number of aliphatic imine (C=N–C) groups is 1. The molecule has 0 aromatic heterocycles. The average molecular weight is 520 g/mol. The number of nitrogens with zero attached hydrogens (tertiary/aromatic N) is 1. The lowest BCUT2D eigenvalue weighted by Crippen LogP contribution is -2.42. The van der Waals surface area contributed by atoms with E-state index in [2.05, 4.69) is 20.3 Å². The smallest absolute Gasteiger partial charge is 0.240 e. The van der Waals surface area contributed by atoms with Crippen molar-refractivity contribution in [2.24, 2.45) is 4.99 Å². The third-order valence-corrected chi connectivity index (χ3v) is 5.39. The zero-order valence-electron chi connectivity index (χ0n) is 15.9. The number of sulfonamides is 1. The lowest BCUT2D eigenvalue weighted by atomic mass is 10.1. The maximum Gasteiger partial charge on any atom is 0.240 e. The van der Waals surface area contributed by atoms with E-state index in [1.165, 1.54) is 6.07 Å². The quantitative estimate of drug-likeness (QED) is 0.216. The number of hydrogen-bond donors (Lipinski definition) is 3. The van der Waals surface area contributed by atoms with E-state index < -0.39 is 10.0 Å². The molecule has 0 saturated carbocycles. The van der Waals surface area contributed by atoms with Crippen molar-refractivity contribution in [3.8, 4) is 0 Å². The fourth-order valence-electron chi connectivity index (χ4n) is 2.40. The molecule has 154 valence electrons. The van der Waals surface area contributed by atoms with Gasteiger partial charge in [0, 0.05) is 26.7 Å². The first-order valence-corrected chi connectivity index (χ1v) is 10.1. The predicted molar refractivity (Wildman–Crippen MR) is 121 cm³/mol. The SMILES string of the molecule is CN=C(NCCNS(=O)(=O)c1ccc(C)cc1)NCCc1ccccc1F.I. The molecule has 9 heteroatoms. The Hall–Kier alpha value is -1.72. The van der Waals surface area contributed by atoms with Crippen LogP contribution >= 0.6 is 24.0 Å². The lowest BCUT2D eigenvalue weighted by molar-refractivity contribution is 0.580. The number of aryl methyl sites for hydroxylation is 1. The highest BCUT2D eigenvalue weighted by atomic mass is 127. The highest BCUT2D eigenvalue weighted by Gasteiger charge is 2.12. The van der Waals surface area contributed by atoms with Crippen molar-refractivity contribution >= 4 is 40.0 Å². The van der Waals surface area contributed by atoms with Gasteiger partial charge in [-0.05, 0) is 37.1 Å². The maximum absolute atomic E-state index is 13.6. The summed E-state index contributed by atoms with van der Waals surface area (Å²) in [5.74, 6) is 0.300. The fraction of sp³-hybridized carbons (Fsp3) is 0.316. The van der Waals surface area contributed by atoms with Crippen molar-refractivity contribution < 1.29 is 12.8 Å². The topological polar surface area (TPSA) is 82.6 Å². The lowest BCUT2D eigenvalue weighted by Gasteiger charge is -2.13. The van der Waals surface area contributed by atoms with E-state index in [9.17, 15) is 12.8 Å². The zero-order valence-corrected chi connectivity index (χ0v) is 19.1. The first kappa shape index (κ1) is 24.3. The van der Waals surface area contributed by atoms with Crippen molar-refractivity contribution in [1.29, 1.82) is 0 Å². The molecule has 2 aromatic rings. The van der Waals surface area contributed by atoms with Gasteiger partial charge in [-0.1, -0.05) is 35.9 Å². The number of rotatable bonds is 8. The number of benzene rings is 2. The van der Waals surface area contributed by atoms with Gasteiger partial charge >= 0.3 is 0 Å². The van der Waals surface area contributed by atoms with Crippen LogP contribution in [-0.2, 0) is 16.4 Å². The van der Waals surface area contributed by atoms with E-state index in [0.29, 0.717) is 31.0 Å². The molecule has 0 atom stereocenters. The van der Waals surface area contributed by atoms with Crippen LogP contribution < -0.4 is 15.4 Å². The summed E-state index contributed by atoms with van der Waals surface area (Å²) in [6.45, 7) is 2.99. The predicted octanol–water partition coefficient (Wildman–Crippen LogP) is 2.44. The highest BCUT2D eigenvalue weighted by Crippen LogP contribution is 2.09. The minimum Gasteiger partial charge on any atom is -0.356 e. The molecule has 0 aliphatic carbocycles. The van der Waals surface area contributed by atoms with Gasteiger partial charge in [0.25, 0.3) is 0 Å². The third-order valence-electron chi connectivity index (χ3n) is 3.91. The van der Waals surface area contributed by atoms with Crippen LogP contribution in [0.3, 0.4) is 0 Å². The Kier molecular flexibility index (Phi) is 10.4. The normalized spacial score (nSPS) is 11.6. The van der Waals surface area contributed by atoms with Gasteiger partial charge in [-0.25, -0.2) is 17.5 Å². The van der Waals surface area contributed by atoms with Gasteiger partial charge in [0.15, 0.2) is 5.96 Å². The van der Waals surface area contributed by atoms with Crippen LogP contribution in [0.1, 0.15) is 11.1 Å². The summed E-state index contributed by atoms with van der Waals surface area (Å²) in [5.41, 5.74) is 1.63. The average Bonchev–Trinajstić information content (AvgIpc) is 2.65. The van der Waals surface area contributed by atoms with E-state index in [1.807, 2.05) is 6.92 Å². The van der Waals surface area contributed by atoms with Gasteiger partial charge in [0.05, 0.1) is 4.90 Å². The fourth-order valence-corrected chi connectivity index (χ4v) is 3.44. The van der Waals surface area contributed by atoms with E-state index >= 15 is 0 Å².